The highest BCUT2D eigenvalue weighted by molar-refractivity contribution is 7.98. The summed E-state index contributed by atoms with van der Waals surface area (Å²) in [6, 6.07) is 12.0. The van der Waals surface area contributed by atoms with Crippen LogP contribution in [0.2, 0.25) is 0 Å². The van der Waals surface area contributed by atoms with Crippen molar-refractivity contribution < 1.29 is 0 Å². The number of para-hydroxylation sites is 1. The van der Waals surface area contributed by atoms with E-state index < -0.39 is 0 Å². The van der Waals surface area contributed by atoms with Crippen LogP contribution in [0.5, 0.6) is 0 Å². The van der Waals surface area contributed by atoms with E-state index in [1.165, 1.54) is 16.4 Å². The molecule has 1 aromatic carbocycles. The van der Waals surface area contributed by atoms with E-state index in [-0.39, 0.29) is 5.41 Å². The van der Waals surface area contributed by atoms with Crippen molar-refractivity contribution in [3.8, 4) is 11.8 Å². The van der Waals surface area contributed by atoms with Crippen LogP contribution in [-0.2, 0) is 11.2 Å². The molecule has 0 unspecified atom stereocenters. The molecule has 2 aromatic heterocycles. The van der Waals surface area contributed by atoms with Gasteiger partial charge in [0.1, 0.15) is 6.07 Å². The molecule has 0 radical (unpaired) electrons. The third kappa shape index (κ3) is 3.30. The monoisotopic (exact) mass is 367 g/mol. The van der Waals surface area contributed by atoms with Crippen LogP contribution in [0.3, 0.4) is 0 Å². The van der Waals surface area contributed by atoms with Crippen molar-refractivity contribution in [2.45, 2.75) is 44.0 Å². The maximum atomic E-state index is 9.55. The maximum Gasteiger partial charge on any atom is 0.210 e. The molecule has 7 nitrogen and oxygen atoms in total. The molecule has 0 fully saturated rings. The first-order chi connectivity index (χ1) is 12.3. The number of nitrogens with two attached hydrogens (primary N) is 1. The average Bonchev–Trinajstić information content (AvgIpc) is 3.13. The number of nitrogens with zero attached hydrogens (tertiary/aromatic N) is 6. The summed E-state index contributed by atoms with van der Waals surface area (Å²) in [5.41, 5.74) is 2.83. The molecular weight excluding hydrogens is 346 g/mol. The summed E-state index contributed by atoms with van der Waals surface area (Å²) in [5, 5.41) is 23.1. The molecule has 3 rings (SSSR count). The Morgan fingerprint density at radius 3 is 2.46 bits per heavy atom. The second kappa shape index (κ2) is 6.84. The molecule has 0 atom stereocenters. The Morgan fingerprint density at radius 1 is 1.19 bits per heavy atom. The lowest BCUT2D eigenvalue weighted by molar-refractivity contribution is 0.523. The van der Waals surface area contributed by atoms with Crippen LogP contribution in [0.15, 0.2) is 35.5 Å². The van der Waals surface area contributed by atoms with Gasteiger partial charge in [-0.2, -0.15) is 10.4 Å². The van der Waals surface area contributed by atoms with Gasteiger partial charge in [0.15, 0.2) is 5.82 Å². The van der Waals surface area contributed by atoms with Crippen LogP contribution in [0.4, 0.5) is 0 Å². The largest absolute Gasteiger partial charge is 0.336 e. The fourth-order valence-corrected chi connectivity index (χ4v) is 3.51. The zero-order valence-corrected chi connectivity index (χ0v) is 16.1. The van der Waals surface area contributed by atoms with Crippen LogP contribution >= 0.6 is 11.8 Å². The molecule has 134 valence electrons. The van der Waals surface area contributed by atoms with Crippen molar-refractivity contribution in [1.82, 2.24) is 24.7 Å². The van der Waals surface area contributed by atoms with E-state index in [9.17, 15) is 5.26 Å². The molecule has 0 saturated heterocycles. The molecule has 0 aliphatic carbocycles. The van der Waals surface area contributed by atoms with E-state index in [0.29, 0.717) is 28.0 Å². The van der Waals surface area contributed by atoms with Crippen LogP contribution in [0.1, 0.15) is 43.5 Å². The lowest BCUT2D eigenvalue weighted by atomic mass is 9.96. The Kier molecular flexibility index (Phi) is 4.74. The maximum absolute atomic E-state index is 9.55. The van der Waals surface area contributed by atoms with Gasteiger partial charge >= 0.3 is 0 Å². The molecular formula is C18H21N7S. The predicted octanol–water partition coefficient (Wildman–Crippen LogP) is 2.95. The molecule has 26 heavy (non-hydrogen) atoms. The van der Waals surface area contributed by atoms with Crippen molar-refractivity contribution in [3.05, 3.63) is 53.1 Å². The number of aromatic nitrogens is 5. The molecule has 0 saturated carbocycles. The van der Waals surface area contributed by atoms with Gasteiger partial charge in [-0.25, -0.2) is 9.36 Å². The Hall–Kier alpha value is -2.79. The molecule has 0 amide bonds. The zero-order valence-electron chi connectivity index (χ0n) is 15.3. The van der Waals surface area contributed by atoms with Gasteiger partial charge in [0.2, 0.25) is 5.16 Å². The topological polar surface area (TPSA) is 98.3 Å². The standard InChI is InChI=1S/C18H21N7S/c1-12-14(10-19)15(25(23-12)13-8-6-5-7-9-13)11-26-17-22-21-16(24(17)20)18(2,3)4/h5-9H,11,20H2,1-4H3. The van der Waals surface area contributed by atoms with Gasteiger partial charge in [-0.3, -0.25) is 0 Å². The summed E-state index contributed by atoms with van der Waals surface area (Å²) in [5.74, 6) is 7.39. The van der Waals surface area contributed by atoms with Gasteiger partial charge < -0.3 is 5.84 Å². The normalized spacial score (nSPS) is 11.5. The molecule has 2 N–H and O–H groups in total. The molecule has 0 aliphatic rings. The smallest absolute Gasteiger partial charge is 0.210 e. The average molecular weight is 367 g/mol. The summed E-state index contributed by atoms with van der Waals surface area (Å²) in [6.07, 6.45) is 0. The number of aryl methyl sites for hydroxylation is 1. The second-order valence-corrected chi connectivity index (χ2v) is 7.92. The number of hydrogen-bond acceptors (Lipinski definition) is 6. The number of nitriles is 1. The highest BCUT2D eigenvalue weighted by Crippen LogP contribution is 2.28. The van der Waals surface area contributed by atoms with Gasteiger partial charge in [0.05, 0.1) is 22.6 Å². The van der Waals surface area contributed by atoms with Gasteiger partial charge in [-0.15, -0.1) is 10.2 Å². The molecule has 8 heteroatoms. The summed E-state index contributed by atoms with van der Waals surface area (Å²) < 4.78 is 3.33. The van der Waals surface area contributed by atoms with E-state index >= 15 is 0 Å². The van der Waals surface area contributed by atoms with Gasteiger partial charge in [-0.1, -0.05) is 50.7 Å². The first kappa shape index (κ1) is 18.0. The number of benzene rings is 1. The highest BCUT2D eigenvalue weighted by Gasteiger charge is 2.24. The Balaban J connectivity index is 1.94. The predicted molar refractivity (Wildman–Crippen MR) is 101 cm³/mol. The van der Waals surface area contributed by atoms with Crippen molar-refractivity contribution in [2.24, 2.45) is 0 Å². The van der Waals surface area contributed by atoms with Gasteiger partial charge in [0.25, 0.3) is 0 Å². The Bertz CT molecular complexity index is 958. The van der Waals surface area contributed by atoms with Crippen molar-refractivity contribution in [3.63, 3.8) is 0 Å². The zero-order chi connectivity index (χ0) is 18.9. The number of rotatable bonds is 4. The first-order valence-electron chi connectivity index (χ1n) is 8.20. The van der Waals surface area contributed by atoms with Gasteiger partial charge in [-0.05, 0) is 19.1 Å². The Morgan fingerprint density at radius 2 is 1.88 bits per heavy atom. The minimum absolute atomic E-state index is 0.194. The third-order valence-electron chi connectivity index (χ3n) is 3.94. The number of hydrogen-bond donors (Lipinski definition) is 1. The van der Waals surface area contributed by atoms with Crippen molar-refractivity contribution in [2.75, 3.05) is 5.84 Å². The van der Waals surface area contributed by atoms with Crippen molar-refractivity contribution in [1.29, 1.82) is 5.26 Å². The van der Waals surface area contributed by atoms with E-state index in [4.69, 9.17) is 5.84 Å². The molecule has 0 aliphatic heterocycles. The fraction of sp³-hybridized carbons (Fsp3) is 0.333. The summed E-state index contributed by atoms with van der Waals surface area (Å²) in [4.78, 5) is 0. The lowest BCUT2D eigenvalue weighted by Crippen LogP contribution is -2.24. The van der Waals surface area contributed by atoms with Crippen LogP contribution in [0, 0.1) is 18.3 Å². The summed E-state index contributed by atoms with van der Waals surface area (Å²) in [6.45, 7) is 7.96. The first-order valence-corrected chi connectivity index (χ1v) is 9.19. The summed E-state index contributed by atoms with van der Waals surface area (Å²) >= 11 is 1.44. The molecule has 3 aromatic rings. The fourth-order valence-electron chi connectivity index (χ4n) is 2.66. The van der Waals surface area contributed by atoms with Crippen molar-refractivity contribution >= 4 is 11.8 Å². The summed E-state index contributed by atoms with van der Waals surface area (Å²) in [7, 11) is 0. The van der Waals surface area contributed by atoms with Crippen LogP contribution < -0.4 is 5.84 Å². The van der Waals surface area contributed by atoms with E-state index in [1.54, 1.807) is 0 Å². The minimum Gasteiger partial charge on any atom is -0.336 e. The highest BCUT2D eigenvalue weighted by atomic mass is 32.2. The van der Waals surface area contributed by atoms with E-state index in [1.807, 2.05) is 62.7 Å². The lowest BCUT2D eigenvalue weighted by Gasteiger charge is -2.16. The molecule has 0 bridgehead atoms. The number of nitrogen functional groups attached to an aromatic ring is 1. The Labute approximate surface area is 156 Å². The molecule has 2 heterocycles. The SMILES string of the molecule is Cc1nn(-c2ccccc2)c(CSc2nnc(C(C)(C)C)n2N)c1C#N. The molecule has 0 spiro atoms. The third-order valence-corrected chi connectivity index (χ3v) is 4.90. The van der Waals surface area contributed by atoms with E-state index in [2.05, 4.69) is 21.4 Å². The second-order valence-electron chi connectivity index (χ2n) is 6.98. The van der Waals surface area contributed by atoms with Crippen LogP contribution in [-0.4, -0.2) is 24.7 Å². The van der Waals surface area contributed by atoms with Crippen LogP contribution in [0.25, 0.3) is 5.69 Å². The van der Waals surface area contributed by atoms with E-state index in [0.717, 1.165) is 11.4 Å². The quantitative estimate of drug-likeness (QED) is 0.562. The number of thioether (sulfide) groups is 1. The van der Waals surface area contributed by atoms with Gasteiger partial charge in [0, 0.05) is 11.2 Å². The minimum atomic E-state index is -0.194.